The second-order valence-corrected chi connectivity index (χ2v) is 5.41. The molecule has 1 nitrogen and oxygen atoms in total. The van der Waals surface area contributed by atoms with Crippen LogP contribution >= 0.6 is 0 Å². The lowest BCUT2D eigenvalue weighted by Crippen LogP contribution is -2.17. The van der Waals surface area contributed by atoms with Crippen molar-refractivity contribution < 1.29 is 4.79 Å². The summed E-state index contributed by atoms with van der Waals surface area (Å²) in [6, 6.07) is 0. The van der Waals surface area contributed by atoms with Crippen molar-refractivity contribution in [1.29, 1.82) is 0 Å². The Morgan fingerprint density at radius 2 is 2.06 bits per heavy atom. The largest absolute Gasteiger partial charge is 0.299 e. The predicted molar refractivity (Wildman–Crippen MR) is 69.5 cm³/mol. The molecular weight excluding hydrogens is 196 g/mol. The third-order valence-corrected chi connectivity index (χ3v) is 4.09. The van der Waals surface area contributed by atoms with Crippen molar-refractivity contribution in [3.05, 3.63) is 0 Å². The fraction of sp³-hybridized carbons (Fsp3) is 0.933. The van der Waals surface area contributed by atoms with Crippen LogP contribution in [0.3, 0.4) is 0 Å². The van der Waals surface area contributed by atoms with E-state index >= 15 is 0 Å². The normalized spacial score (nSPS) is 24.1. The topological polar surface area (TPSA) is 17.1 Å². The molecule has 1 fully saturated rings. The van der Waals surface area contributed by atoms with Crippen LogP contribution in [-0.4, -0.2) is 5.78 Å². The second kappa shape index (κ2) is 7.86. The van der Waals surface area contributed by atoms with Gasteiger partial charge in [-0.05, 0) is 25.2 Å². The van der Waals surface area contributed by atoms with E-state index in [9.17, 15) is 4.79 Å². The molecule has 0 aromatic rings. The summed E-state index contributed by atoms with van der Waals surface area (Å²) in [4.78, 5) is 11.9. The van der Waals surface area contributed by atoms with E-state index in [0.717, 1.165) is 18.8 Å². The van der Waals surface area contributed by atoms with Crippen molar-refractivity contribution in [2.45, 2.75) is 78.1 Å². The third-order valence-electron chi connectivity index (χ3n) is 4.09. The molecule has 0 aromatic carbocycles. The molecule has 1 heteroatoms. The summed E-state index contributed by atoms with van der Waals surface area (Å²) in [6.45, 7) is 4.53. The SMILES string of the molecule is CCCCC(CC)CC1CCCCCC1=O. The monoisotopic (exact) mass is 224 g/mol. The van der Waals surface area contributed by atoms with Crippen LogP contribution in [0.25, 0.3) is 0 Å². The van der Waals surface area contributed by atoms with Crippen LogP contribution < -0.4 is 0 Å². The molecule has 0 amide bonds. The maximum absolute atomic E-state index is 11.9. The molecule has 1 aliphatic rings. The summed E-state index contributed by atoms with van der Waals surface area (Å²) in [7, 11) is 0. The van der Waals surface area contributed by atoms with Gasteiger partial charge in [-0.15, -0.1) is 0 Å². The Labute approximate surface area is 101 Å². The summed E-state index contributed by atoms with van der Waals surface area (Å²) >= 11 is 0. The summed E-state index contributed by atoms with van der Waals surface area (Å²) in [6.07, 6.45) is 12.1. The van der Waals surface area contributed by atoms with Gasteiger partial charge in [-0.25, -0.2) is 0 Å². The molecule has 1 rings (SSSR count). The van der Waals surface area contributed by atoms with Gasteiger partial charge in [0.25, 0.3) is 0 Å². The fourth-order valence-corrected chi connectivity index (χ4v) is 2.86. The van der Waals surface area contributed by atoms with E-state index in [1.54, 1.807) is 0 Å². The van der Waals surface area contributed by atoms with Gasteiger partial charge in [-0.3, -0.25) is 4.79 Å². The lowest BCUT2D eigenvalue weighted by Gasteiger charge is -2.20. The van der Waals surface area contributed by atoms with E-state index in [0.29, 0.717) is 11.7 Å². The molecule has 0 aliphatic heterocycles. The minimum atomic E-state index is 0.407. The zero-order valence-electron chi connectivity index (χ0n) is 11.1. The number of rotatable bonds is 6. The van der Waals surface area contributed by atoms with E-state index in [4.69, 9.17) is 0 Å². The molecular formula is C15H28O. The molecule has 0 heterocycles. The van der Waals surface area contributed by atoms with Crippen LogP contribution in [0.4, 0.5) is 0 Å². The molecule has 0 aromatic heterocycles. The van der Waals surface area contributed by atoms with Gasteiger partial charge in [-0.1, -0.05) is 52.4 Å². The Morgan fingerprint density at radius 3 is 2.75 bits per heavy atom. The van der Waals surface area contributed by atoms with Crippen molar-refractivity contribution in [3.63, 3.8) is 0 Å². The van der Waals surface area contributed by atoms with Crippen molar-refractivity contribution in [2.75, 3.05) is 0 Å². The van der Waals surface area contributed by atoms with Crippen LogP contribution in [0.15, 0.2) is 0 Å². The quantitative estimate of drug-likeness (QED) is 0.595. The van der Waals surface area contributed by atoms with Gasteiger partial charge in [0.1, 0.15) is 5.78 Å². The highest BCUT2D eigenvalue weighted by atomic mass is 16.1. The zero-order chi connectivity index (χ0) is 11.8. The third kappa shape index (κ3) is 4.67. The summed E-state index contributed by atoms with van der Waals surface area (Å²) in [5.74, 6) is 1.77. The van der Waals surface area contributed by atoms with Gasteiger partial charge < -0.3 is 0 Å². The number of ketones is 1. The van der Waals surface area contributed by atoms with Crippen LogP contribution in [0.2, 0.25) is 0 Å². The van der Waals surface area contributed by atoms with Gasteiger partial charge in [0, 0.05) is 12.3 Å². The highest BCUT2D eigenvalue weighted by Crippen LogP contribution is 2.29. The Kier molecular flexibility index (Phi) is 6.75. The Morgan fingerprint density at radius 1 is 1.25 bits per heavy atom. The molecule has 0 spiro atoms. The van der Waals surface area contributed by atoms with Gasteiger partial charge in [-0.2, -0.15) is 0 Å². The maximum Gasteiger partial charge on any atom is 0.135 e. The summed E-state index contributed by atoms with van der Waals surface area (Å²) < 4.78 is 0. The minimum Gasteiger partial charge on any atom is -0.299 e. The fourth-order valence-electron chi connectivity index (χ4n) is 2.86. The van der Waals surface area contributed by atoms with Gasteiger partial charge in [0.05, 0.1) is 0 Å². The molecule has 1 aliphatic carbocycles. The Balaban J connectivity index is 2.38. The lowest BCUT2D eigenvalue weighted by molar-refractivity contribution is -0.123. The number of Topliss-reactive ketones (excluding diaryl/α,β-unsaturated/α-hetero) is 1. The first-order valence-corrected chi connectivity index (χ1v) is 7.30. The van der Waals surface area contributed by atoms with Gasteiger partial charge >= 0.3 is 0 Å². The molecule has 0 bridgehead atoms. The van der Waals surface area contributed by atoms with Gasteiger partial charge in [0.2, 0.25) is 0 Å². The number of unbranched alkanes of at least 4 members (excludes halogenated alkanes) is 1. The van der Waals surface area contributed by atoms with Crippen LogP contribution in [0.5, 0.6) is 0 Å². The molecule has 94 valence electrons. The molecule has 0 saturated heterocycles. The van der Waals surface area contributed by atoms with Crippen molar-refractivity contribution >= 4 is 5.78 Å². The van der Waals surface area contributed by atoms with Crippen LogP contribution in [0.1, 0.15) is 78.1 Å². The molecule has 0 N–H and O–H groups in total. The second-order valence-electron chi connectivity index (χ2n) is 5.41. The highest BCUT2D eigenvalue weighted by Gasteiger charge is 2.23. The van der Waals surface area contributed by atoms with Crippen LogP contribution in [0, 0.1) is 11.8 Å². The maximum atomic E-state index is 11.9. The first kappa shape index (κ1) is 13.7. The number of carbonyl (C=O) groups is 1. The van der Waals surface area contributed by atoms with Crippen LogP contribution in [-0.2, 0) is 4.79 Å². The molecule has 1 saturated carbocycles. The van der Waals surface area contributed by atoms with E-state index in [1.807, 2.05) is 0 Å². The first-order valence-electron chi connectivity index (χ1n) is 7.30. The number of hydrogen-bond acceptors (Lipinski definition) is 1. The smallest absolute Gasteiger partial charge is 0.135 e. The molecule has 0 radical (unpaired) electrons. The van der Waals surface area contributed by atoms with E-state index in [1.165, 1.54) is 51.4 Å². The molecule has 2 atom stereocenters. The Bertz CT molecular complexity index is 198. The summed E-state index contributed by atoms with van der Waals surface area (Å²) in [5.41, 5.74) is 0. The lowest BCUT2D eigenvalue weighted by atomic mass is 9.84. The zero-order valence-corrected chi connectivity index (χ0v) is 11.1. The minimum absolute atomic E-state index is 0.407. The first-order chi connectivity index (χ1) is 7.77. The molecule has 16 heavy (non-hydrogen) atoms. The van der Waals surface area contributed by atoms with Crippen molar-refractivity contribution in [2.24, 2.45) is 11.8 Å². The van der Waals surface area contributed by atoms with Crippen molar-refractivity contribution in [3.8, 4) is 0 Å². The highest BCUT2D eigenvalue weighted by molar-refractivity contribution is 5.81. The predicted octanol–water partition coefficient (Wildman–Crippen LogP) is 4.74. The average molecular weight is 224 g/mol. The number of carbonyl (C=O) groups excluding carboxylic acids is 1. The molecule has 2 unspecified atom stereocenters. The van der Waals surface area contributed by atoms with E-state index in [-0.39, 0.29) is 0 Å². The number of hydrogen-bond donors (Lipinski definition) is 0. The Hall–Kier alpha value is -0.330. The van der Waals surface area contributed by atoms with E-state index < -0.39 is 0 Å². The van der Waals surface area contributed by atoms with Gasteiger partial charge in [0.15, 0.2) is 0 Å². The van der Waals surface area contributed by atoms with Crippen molar-refractivity contribution in [1.82, 2.24) is 0 Å². The summed E-state index contributed by atoms with van der Waals surface area (Å²) in [5, 5.41) is 0. The van der Waals surface area contributed by atoms with E-state index in [2.05, 4.69) is 13.8 Å². The average Bonchev–Trinajstić information content (AvgIpc) is 2.50. The standard InChI is InChI=1S/C15H28O/c1-3-5-9-13(4-2)12-14-10-7-6-8-11-15(14)16/h13-14H,3-12H2,1-2H3.